The van der Waals surface area contributed by atoms with Crippen LogP contribution in [0.15, 0.2) is 79.1 Å². The van der Waals surface area contributed by atoms with Crippen molar-refractivity contribution in [2.75, 3.05) is 25.0 Å². The molecule has 142 valence electrons. The van der Waals surface area contributed by atoms with Gasteiger partial charge in [0.1, 0.15) is 17.2 Å². The molecule has 0 aliphatic carbocycles. The zero-order valence-corrected chi connectivity index (χ0v) is 15.3. The van der Waals surface area contributed by atoms with Crippen LogP contribution in [0.2, 0.25) is 0 Å². The SMILES string of the molecule is O=C(Nc1cccnc1)N1CC(COc2ccc(Oc3ccccc3)cc2)C1. The number of urea groups is 1. The van der Waals surface area contributed by atoms with Crippen LogP contribution < -0.4 is 14.8 Å². The van der Waals surface area contributed by atoms with Crippen molar-refractivity contribution in [2.24, 2.45) is 5.92 Å². The van der Waals surface area contributed by atoms with Crippen LogP contribution in [-0.2, 0) is 0 Å². The molecule has 6 heteroatoms. The largest absolute Gasteiger partial charge is 0.493 e. The first-order chi connectivity index (χ1) is 13.8. The minimum absolute atomic E-state index is 0.105. The highest BCUT2D eigenvalue weighted by Gasteiger charge is 2.31. The summed E-state index contributed by atoms with van der Waals surface area (Å²) in [5.74, 6) is 2.69. The Labute approximate surface area is 163 Å². The summed E-state index contributed by atoms with van der Waals surface area (Å²) in [4.78, 5) is 17.9. The predicted octanol–water partition coefficient (Wildman–Crippen LogP) is 4.42. The van der Waals surface area contributed by atoms with E-state index >= 15 is 0 Å². The maximum atomic E-state index is 12.1. The quantitative estimate of drug-likeness (QED) is 0.693. The molecule has 1 fully saturated rings. The summed E-state index contributed by atoms with van der Waals surface area (Å²) < 4.78 is 11.6. The van der Waals surface area contributed by atoms with Gasteiger partial charge in [-0.15, -0.1) is 0 Å². The number of nitrogens with zero attached hydrogens (tertiary/aromatic N) is 2. The molecule has 0 saturated carbocycles. The number of likely N-dealkylation sites (tertiary alicyclic amines) is 1. The van der Waals surface area contributed by atoms with Crippen LogP contribution >= 0.6 is 0 Å². The fraction of sp³-hybridized carbons (Fsp3) is 0.182. The fourth-order valence-corrected chi connectivity index (χ4v) is 2.92. The Balaban J connectivity index is 1.19. The molecule has 4 rings (SSSR count). The fourth-order valence-electron chi connectivity index (χ4n) is 2.92. The van der Waals surface area contributed by atoms with Gasteiger partial charge in [-0.3, -0.25) is 4.98 Å². The van der Waals surface area contributed by atoms with Crippen molar-refractivity contribution < 1.29 is 14.3 Å². The number of carbonyl (C=O) groups is 1. The predicted molar refractivity (Wildman–Crippen MR) is 107 cm³/mol. The van der Waals surface area contributed by atoms with E-state index in [1.54, 1.807) is 23.4 Å². The minimum Gasteiger partial charge on any atom is -0.493 e. The third kappa shape index (κ3) is 4.59. The number of carbonyl (C=O) groups excluding carboxylic acids is 1. The highest BCUT2D eigenvalue weighted by Crippen LogP contribution is 2.24. The molecular formula is C22H21N3O3. The maximum Gasteiger partial charge on any atom is 0.321 e. The number of benzene rings is 2. The third-order valence-corrected chi connectivity index (χ3v) is 4.45. The van der Waals surface area contributed by atoms with Crippen molar-refractivity contribution in [1.29, 1.82) is 0 Å². The number of amides is 2. The lowest BCUT2D eigenvalue weighted by atomic mass is 10.0. The van der Waals surface area contributed by atoms with E-state index in [0.717, 1.165) is 17.2 Å². The molecule has 1 aromatic heterocycles. The summed E-state index contributed by atoms with van der Waals surface area (Å²) in [7, 11) is 0. The molecule has 0 bridgehead atoms. The first kappa shape index (κ1) is 17.9. The van der Waals surface area contributed by atoms with Gasteiger partial charge in [0.15, 0.2) is 0 Å². The van der Waals surface area contributed by atoms with Crippen molar-refractivity contribution in [3.05, 3.63) is 79.1 Å². The van der Waals surface area contributed by atoms with E-state index in [4.69, 9.17) is 9.47 Å². The van der Waals surface area contributed by atoms with Gasteiger partial charge in [-0.2, -0.15) is 0 Å². The highest BCUT2D eigenvalue weighted by molar-refractivity contribution is 5.89. The second-order valence-electron chi connectivity index (χ2n) is 6.64. The summed E-state index contributed by atoms with van der Waals surface area (Å²) in [6.45, 7) is 1.94. The average Bonchev–Trinajstić information content (AvgIpc) is 2.69. The number of hydrogen-bond donors (Lipinski definition) is 1. The van der Waals surface area contributed by atoms with E-state index in [1.807, 2.05) is 60.7 Å². The first-order valence-corrected chi connectivity index (χ1v) is 9.18. The van der Waals surface area contributed by atoms with E-state index in [-0.39, 0.29) is 6.03 Å². The number of pyridine rings is 1. The smallest absolute Gasteiger partial charge is 0.321 e. The number of rotatable bonds is 6. The van der Waals surface area contributed by atoms with Gasteiger partial charge in [0, 0.05) is 25.2 Å². The van der Waals surface area contributed by atoms with Gasteiger partial charge in [-0.1, -0.05) is 18.2 Å². The number of aromatic nitrogens is 1. The number of nitrogens with one attached hydrogen (secondary N) is 1. The molecule has 28 heavy (non-hydrogen) atoms. The van der Waals surface area contributed by atoms with Gasteiger partial charge in [-0.25, -0.2) is 4.79 Å². The normalized spacial score (nSPS) is 13.5. The van der Waals surface area contributed by atoms with Crippen molar-refractivity contribution in [3.8, 4) is 17.2 Å². The van der Waals surface area contributed by atoms with Crippen molar-refractivity contribution in [1.82, 2.24) is 9.88 Å². The summed E-state index contributed by atoms with van der Waals surface area (Å²) in [5.41, 5.74) is 0.699. The molecule has 0 spiro atoms. The molecule has 0 atom stereocenters. The monoisotopic (exact) mass is 375 g/mol. The topological polar surface area (TPSA) is 63.7 Å². The Morgan fingerprint density at radius 3 is 2.39 bits per heavy atom. The molecule has 3 aromatic rings. The molecule has 0 radical (unpaired) electrons. The molecule has 2 heterocycles. The first-order valence-electron chi connectivity index (χ1n) is 9.18. The Hall–Kier alpha value is -3.54. The molecule has 6 nitrogen and oxygen atoms in total. The zero-order chi connectivity index (χ0) is 19.2. The third-order valence-electron chi connectivity index (χ3n) is 4.45. The summed E-state index contributed by atoms with van der Waals surface area (Å²) in [6, 6.07) is 20.7. The number of ether oxygens (including phenoxy) is 2. The van der Waals surface area contributed by atoms with E-state index < -0.39 is 0 Å². The Kier molecular flexibility index (Phi) is 5.38. The summed E-state index contributed by atoms with van der Waals surface area (Å²) in [5, 5.41) is 2.83. The number of para-hydroxylation sites is 1. The van der Waals surface area contributed by atoms with E-state index in [0.29, 0.717) is 31.3 Å². The molecule has 1 aliphatic heterocycles. The zero-order valence-electron chi connectivity index (χ0n) is 15.3. The van der Waals surface area contributed by atoms with Crippen LogP contribution in [0.3, 0.4) is 0 Å². The average molecular weight is 375 g/mol. The van der Waals surface area contributed by atoms with Crippen LogP contribution in [0.4, 0.5) is 10.5 Å². The van der Waals surface area contributed by atoms with Gasteiger partial charge in [-0.05, 0) is 48.5 Å². The Morgan fingerprint density at radius 1 is 0.964 bits per heavy atom. The molecule has 1 N–H and O–H groups in total. The molecule has 2 aromatic carbocycles. The molecule has 2 amide bonds. The van der Waals surface area contributed by atoms with Gasteiger partial charge in [0.2, 0.25) is 0 Å². The molecule has 1 aliphatic rings. The highest BCUT2D eigenvalue weighted by atomic mass is 16.5. The maximum absolute atomic E-state index is 12.1. The van der Waals surface area contributed by atoms with Crippen LogP contribution in [0.25, 0.3) is 0 Å². The van der Waals surface area contributed by atoms with E-state index in [1.165, 1.54) is 0 Å². The second-order valence-corrected chi connectivity index (χ2v) is 6.64. The van der Waals surface area contributed by atoms with Crippen molar-refractivity contribution in [2.45, 2.75) is 0 Å². The van der Waals surface area contributed by atoms with Gasteiger partial charge in [0.25, 0.3) is 0 Å². The lowest BCUT2D eigenvalue weighted by Crippen LogP contribution is -2.53. The van der Waals surface area contributed by atoms with E-state index in [2.05, 4.69) is 10.3 Å². The second kappa shape index (κ2) is 8.43. The van der Waals surface area contributed by atoms with Gasteiger partial charge < -0.3 is 19.7 Å². The lowest BCUT2D eigenvalue weighted by molar-refractivity contribution is 0.0924. The van der Waals surface area contributed by atoms with Crippen LogP contribution in [-0.4, -0.2) is 35.6 Å². The summed E-state index contributed by atoms with van der Waals surface area (Å²) in [6.07, 6.45) is 3.30. The Bertz CT molecular complexity index is 895. The minimum atomic E-state index is -0.105. The van der Waals surface area contributed by atoms with Crippen molar-refractivity contribution >= 4 is 11.7 Å². The molecule has 1 saturated heterocycles. The van der Waals surface area contributed by atoms with Crippen LogP contribution in [0, 0.1) is 5.92 Å². The summed E-state index contributed by atoms with van der Waals surface area (Å²) >= 11 is 0. The number of hydrogen-bond acceptors (Lipinski definition) is 4. The van der Waals surface area contributed by atoms with Crippen LogP contribution in [0.1, 0.15) is 0 Å². The van der Waals surface area contributed by atoms with Crippen LogP contribution in [0.5, 0.6) is 17.2 Å². The molecular weight excluding hydrogens is 354 g/mol. The lowest BCUT2D eigenvalue weighted by Gasteiger charge is -2.38. The van der Waals surface area contributed by atoms with E-state index in [9.17, 15) is 4.79 Å². The van der Waals surface area contributed by atoms with Gasteiger partial charge >= 0.3 is 6.03 Å². The Morgan fingerprint density at radius 2 is 1.68 bits per heavy atom. The number of anilines is 1. The molecule has 0 unspecified atom stereocenters. The van der Waals surface area contributed by atoms with Crippen molar-refractivity contribution in [3.63, 3.8) is 0 Å². The standard InChI is InChI=1S/C22H21N3O3/c26-22(24-18-5-4-12-23-13-18)25-14-17(15-25)16-27-19-8-10-21(11-9-19)28-20-6-2-1-3-7-20/h1-13,17H,14-16H2,(H,24,26). The van der Waals surface area contributed by atoms with Gasteiger partial charge in [0.05, 0.1) is 18.5 Å².